The van der Waals surface area contributed by atoms with Crippen molar-refractivity contribution >= 4 is 34.2 Å². The van der Waals surface area contributed by atoms with Gasteiger partial charge in [-0.25, -0.2) is 4.98 Å². The van der Waals surface area contributed by atoms with Crippen LogP contribution in [0.15, 0.2) is 29.4 Å². The van der Waals surface area contributed by atoms with Crippen molar-refractivity contribution in [1.82, 2.24) is 9.97 Å². The van der Waals surface area contributed by atoms with Crippen LogP contribution in [0.3, 0.4) is 0 Å². The highest BCUT2D eigenvalue weighted by molar-refractivity contribution is 6.01. The van der Waals surface area contributed by atoms with Crippen LogP contribution < -0.4 is 9.80 Å². The van der Waals surface area contributed by atoms with Crippen LogP contribution in [0, 0.1) is 0 Å². The second-order valence-electron chi connectivity index (χ2n) is 6.76. The Balaban J connectivity index is 1.88. The van der Waals surface area contributed by atoms with E-state index in [4.69, 9.17) is 9.72 Å². The predicted octanol–water partition coefficient (Wildman–Crippen LogP) is 2.78. The van der Waals surface area contributed by atoms with E-state index in [0.717, 1.165) is 67.3 Å². The Morgan fingerprint density at radius 3 is 2.85 bits per heavy atom. The fourth-order valence-corrected chi connectivity index (χ4v) is 3.58. The fourth-order valence-electron chi connectivity index (χ4n) is 3.58. The van der Waals surface area contributed by atoms with Gasteiger partial charge in [0, 0.05) is 61.8 Å². The highest BCUT2D eigenvalue weighted by Crippen LogP contribution is 2.33. The number of ether oxygens (including phenoxy) is 1. The molecule has 2 aromatic rings. The lowest BCUT2D eigenvalue weighted by atomic mass is 10.1. The van der Waals surface area contributed by atoms with Crippen LogP contribution in [-0.2, 0) is 4.74 Å². The molecule has 0 saturated carbocycles. The van der Waals surface area contributed by atoms with E-state index in [1.807, 2.05) is 18.5 Å². The first-order valence-electron chi connectivity index (χ1n) is 9.31. The molecule has 2 aliphatic heterocycles. The van der Waals surface area contributed by atoms with E-state index in [-0.39, 0.29) is 0 Å². The zero-order valence-corrected chi connectivity index (χ0v) is 15.5. The Bertz CT molecular complexity index is 855. The Morgan fingerprint density at radius 2 is 2.12 bits per heavy atom. The second-order valence-corrected chi connectivity index (χ2v) is 6.76. The second kappa shape index (κ2) is 7.41. The molecule has 2 aliphatic rings. The number of morpholine rings is 1. The number of allylic oxidation sites excluding steroid dienone is 1. The molecule has 0 aliphatic carbocycles. The topological polar surface area (TPSA) is 53.9 Å². The Labute approximate surface area is 154 Å². The number of aromatic nitrogens is 2. The first kappa shape index (κ1) is 17.0. The summed E-state index contributed by atoms with van der Waals surface area (Å²) < 4.78 is 5.51. The molecular weight excluding hydrogens is 326 g/mol. The number of hydrogen-bond donors (Lipinski definition) is 0. The summed E-state index contributed by atoms with van der Waals surface area (Å²) in [5.41, 5.74) is 4.25. The molecular formula is C20H25N5O. The zero-order chi connectivity index (χ0) is 17.9. The van der Waals surface area contributed by atoms with Gasteiger partial charge in [-0.2, -0.15) is 0 Å². The SMILES string of the molecule is CCCN(C)c1cc(N2CCOCC2)nc2c(C3=CC=NC3)nccc12. The number of rotatable bonds is 5. The van der Waals surface area contributed by atoms with E-state index in [9.17, 15) is 0 Å². The number of nitrogens with zero attached hydrogens (tertiary/aromatic N) is 5. The van der Waals surface area contributed by atoms with Gasteiger partial charge in [-0.1, -0.05) is 6.92 Å². The quantitative estimate of drug-likeness (QED) is 0.829. The number of fused-ring (bicyclic) bond motifs is 1. The minimum Gasteiger partial charge on any atom is -0.378 e. The van der Waals surface area contributed by atoms with Crippen molar-refractivity contribution in [2.45, 2.75) is 13.3 Å². The highest BCUT2D eigenvalue weighted by Gasteiger charge is 2.20. The average Bonchev–Trinajstić information content (AvgIpc) is 3.22. The van der Waals surface area contributed by atoms with Crippen LogP contribution in [0.4, 0.5) is 11.5 Å². The van der Waals surface area contributed by atoms with E-state index in [1.165, 1.54) is 5.69 Å². The van der Waals surface area contributed by atoms with E-state index in [0.29, 0.717) is 6.54 Å². The van der Waals surface area contributed by atoms with Crippen molar-refractivity contribution in [2.75, 3.05) is 56.2 Å². The van der Waals surface area contributed by atoms with Gasteiger partial charge in [0.05, 0.1) is 25.5 Å². The van der Waals surface area contributed by atoms with E-state index in [2.05, 4.69) is 45.9 Å². The van der Waals surface area contributed by atoms with E-state index < -0.39 is 0 Å². The van der Waals surface area contributed by atoms with Gasteiger partial charge in [0.1, 0.15) is 11.3 Å². The van der Waals surface area contributed by atoms with Gasteiger partial charge in [-0.15, -0.1) is 0 Å². The Morgan fingerprint density at radius 1 is 1.27 bits per heavy atom. The molecule has 1 saturated heterocycles. The smallest absolute Gasteiger partial charge is 0.131 e. The fraction of sp³-hybridized carbons (Fsp3) is 0.450. The molecule has 0 amide bonds. The summed E-state index contributed by atoms with van der Waals surface area (Å²) in [5, 5.41) is 1.15. The van der Waals surface area contributed by atoms with Crippen LogP contribution in [0.25, 0.3) is 16.5 Å². The molecule has 0 bridgehead atoms. The molecule has 26 heavy (non-hydrogen) atoms. The first-order chi connectivity index (χ1) is 12.8. The lowest BCUT2D eigenvalue weighted by molar-refractivity contribution is 0.122. The molecule has 0 spiro atoms. The van der Waals surface area contributed by atoms with Gasteiger partial charge < -0.3 is 14.5 Å². The summed E-state index contributed by atoms with van der Waals surface area (Å²) in [5.74, 6) is 1.01. The van der Waals surface area contributed by atoms with Crippen LogP contribution in [0.1, 0.15) is 19.0 Å². The largest absolute Gasteiger partial charge is 0.378 e. The van der Waals surface area contributed by atoms with Crippen LogP contribution in [0.5, 0.6) is 0 Å². The first-order valence-corrected chi connectivity index (χ1v) is 9.31. The van der Waals surface area contributed by atoms with Gasteiger partial charge in [0.25, 0.3) is 0 Å². The van der Waals surface area contributed by atoms with Gasteiger partial charge in [-0.3, -0.25) is 9.98 Å². The summed E-state index contributed by atoms with van der Waals surface area (Å²) in [7, 11) is 2.15. The summed E-state index contributed by atoms with van der Waals surface area (Å²) in [4.78, 5) is 18.6. The molecule has 0 N–H and O–H groups in total. The van der Waals surface area contributed by atoms with Crippen LogP contribution in [0.2, 0.25) is 0 Å². The summed E-state index contributed by atoms with van der Waals surface area (Å²) in [6, 6.07) is 4.29. The third-order valence-electron chi connectivity index (χ3n) is 4.94. The van der Waals surface area contributed by atoms with Crippen molar-refractivity contribution in [3.63, 3.8) is 0 Å². The molecule has 2 aromatic heterocycles. The monoisotopic (exact) mass is 351 g/mol. The van der Waals surface area contributed by atoms with Crippen molar-refractivity contribution in [1.29, 1.82) is 0 Å². The minimum absolute atomic E-state index is 0.676. The maximum atomic E-state index is 5.51. The third kappa shape index (κ3) is 3.17. The highest BCUT2D eigenvalue weighted by atomic mass is 16.5. The van der Waals surface area contributed by atoms with E-state index >= 15 is 0 Å². The molecule has 1 fully saturated rings. The summed E-state index contributed by atoms with van der Waals surface area (Å²) in [6.07, 6.45) is 6.88. The summed E-state index contributed by atoms with van der Waals surface area (Å²) >= 11 is 0. The van der Waals surface area contributed by atoms with Crippen LogP contribution in [-0.4, -0.2) is 62.6 Å². The molecule has 0 atom stereocenters. The van der Waals surface area contributed by atoms with Crippen molar-refractivity contribution in [3.8, 4) is 0 Å². The van der Waals surface area contributed by atoms with Gasteiger partial charge in [-0.05, 0) is 18.6 Å². The maximum Gasteiger partial charge on any atom is 0.131 e. The number of pyridine rings is 2. The number of hydrogen-bond acceptors (Lipinski definition) is 6. The molecule has 4 heterocycles. The lowest BCUT2D eigenvalue weighted by Crippen LogP contribution is -2.37. The molecule has 6 nitrogen and oxygen atoms in total. The predicted molar refractivity (Wildman–Crippen MR) is 107 cm³/mol. The minimum atomic E-state index is 0.676. The van der Waals surface area contributed by atoms with Gasteiger partial charge >= 0.3 is 0 Å². The van der Waals surface area contributed by atoms with Gasteiger partial charge in [0.15, 0.2) is 0 Å². The zero-order valence-electron chi connectivity index (χ0n) is 15.5. The molecule has 0 radical (unpaired) electrons. The average molecular weight is 351 g/mol. The van der Waals surface area contributed by atoms with Gasteiger partial charge in [0.2, 0.25) is 0 Å². The number of anilines is 2. The van der Waals surface area contributed by atoms with Crippen molar-refractivity contribution in [2.24, 2.45) is 4.99 Å². The Hall–Kier alpha value is -2.47. The maximum absolute atomic E-state index is 5.51. The normalized spacial score (nSPS) is 17.0. The van der Waals surface area contributed by atoms with E-state index in [1.54, 1.807) is 0 Å². The molecule has 0 unspecified atom stereocenters. The molecule has 0 aromatic carbocycles. The lowest BCUT2D eigenvalue weighted by Gasteiger charge is -2.30. The molecule has 6 heteroatoms. The van der Waals surface area contributed by atoms with Crippen molar-refractivity contribution < 1.29 is 4.74 Å². The standard InChI is InChI=1S/C20H25N5O/c1-3-8-24(2)17-13-18(25-9-11-26-12-10-25)23-20-16(17)5-7-22-19(20)15-4-6-21-14-15/h4-7,13H,3,8-12,14H2,1-2H3. The summed E-state index contributed by atoms with van der Waals surface area (Å²) in [6.45, 7) is 7.13. The Kier molecular flexibility index (Phi) is 4.84. The molecule has 4 rings (SSSR count). The third-order valence-corrected chi connectivity index (χ3v) is 4.94. The number of aliphatic imine (C=N–C) groups is 1. The van der Waals surface area contributed by atoms with Crippen LogP contribution >= 0.6 is 0 Å². The molecule has 136 valence electrons. The van der Waals surface area contributed by atoms with Crippen molar-refractivity contribution in [3.05, 3.63) is 30.1 Å².